The lowest BCUT2D eigenvalue weighted by Crippen LogP contribution is -2.61. The summed E-state index contributed by atoms with van der Waals surface area (Å²) in [5, 5.41) is 72.2. The van der Waals surface area contributed by atoms with E-state index in [4.69, 9.17) is 28.4 Å². The zero-order valence-corrected chi connectivity index (χ0v) is 42.8. The number of hydrogen-bond donors (Lipinski definition) is 7. The highest BCUT2D eigenvalue weighted by Crippen LogP contribution is 2.26. The van der Waals surface area contributed by atoms with Gasteiger partial charge in [0.25, 0.3) is 0 Å². The van der Waals surface area contributed by atoms with Crippen molar-refractivity contribution in [3.05, 3.63) is 48.6 Å². The van der Waals surface area contributed by atoms with Gasteiger partial charge in [-0.25, -0.2) is 0 Å². The molecule has 11 unspecified atom stereocenters. The highest BCUT2D eigenvalue weighted by Gasteiger charge is 2.47. The second kappa shape index (κ2) is 42.5. The summed E-state index contributed by atoms with van der Waals surface area (Å²) < 4.78 is 34.3. The van der Waals surface area contributed by atoms with Crippen LogP contribution >= 0.6 is 0 Å². The van der Waals surface area contributed by atoms with E-state index in [1.54, 1.807) is 0 Å². The van der Waals surface area contributed by atoms with Gasteiger partial charge in [-0.15, -0.1) is 0 Å². The average molecular weight is 983 g/mol. The number of ether oxygens (including phenoxy) is 6. The molecule has 0 saturated carbocycles. The van der Waals surface area contributed by atoms with Crippen LogP contribution < -0.4 is 0 Å². The summed E-state index contributed by atoms with van der Waals surface area (Å²) in [7, 11) is 0. The zero-order valence-electron chi connectivity index (χ0n) is 42.8. The molecular formula is C55H98O14. The molecule has 11 atom stereocenters. The molecule has 14 nitrogen and oxygen atoms in total. The van der Waals surface area contributed by atoms with Gasteiger partial charge in [0.05, 0.1) is 26.4 Å². The summed E-state index contributed by atoms with van der Waals surface area (Å²) in [6.45, 7) is 3.52. The van der Waals surface area contributed by atoms with Crippen LogP contribution in [0.15, 0.2) is 48.6 Å². The summed E-state index contributed by atoms with van der Waals surface area (Å²) in [5.41, 5.74) is 0. The standard InChI is InChI=1S/C55H98O14/c1-3-5-7-9-11-13-15-17-19-20-21-22-23-24-25-26-28-30-32-34-36-38-47(57)67-44(41-64-39-37-35-33-31-29-27-18-16-14-12-10-8-6-4-2)42-65-54-53(63)51(61)49(59)46(69-54)43-66-55-52(62)50(60)48(58)45(40-56)68-55/h6,8,12,14,18,20-21,27,44-46,48-56,58-63H,3-5,7,9-11,13,15-17,19,22-26,28-43H2,1-2H3/b8-6-,14-12-,21-20-,27-18-. The number of esters is 1. The fourth-order valence-electron chi connectivity index (χ4n) is 8.41. The molecule has 7 N–H and O–H groups in total. The fourth-order valence-corrected chi connectivity index (χ4v) is 8.41. The van der Waals surface area contributed by atoms with Crippen LogP contribution in [0.25, 0.3) is 0 Å². The largest absolute Gasteiger partial charge is 0.457 e. The summed E-state index contributed by atoms with van der Waals surface area (Å²) in [6, 6.07) is 0. The van der Waals surface area contributed by atoms with Crippen molar-refractivity contribution in [1.29, 1.82) is 0 Å². The minimum absolute atomic E-state index is 0.0451. The van der Waals surface area contributed by atoms with Crippen molar-refractivity contribution < 1.29 is 69.0 Å². The zero-order chi connectivity index (χ0) is 50.2. The van der Waals surface area contributed by atoms with E-state index in [-0.39, 0.29) is 25.6 Å². The summed E-state index contributed by atoms with van der Waals surface area (Å²) >= 11 is 0. The number of aliphatic hydroxyl groups excluding tert-OH is 7. The molecule has 0 amide bonds. The van der Waals surface area contributed by atoms with Crippen LogP contribution in [-0.4, -0.2) is 142 Å². The molecule has 0 bridgehead atoms. The van der Waals surface area contributed by atoms with Crippen LogP contribution in [-0.2, 0) is 33.2 Å². The first-order chi connectivity index (χ1) is 33.6. The van der Waals surface area contributed by atoms with Gasteiger partial charge in [0.15, 0.2) is 12.6 Å². The lowest BCUT2D eigenvalue weighted by atomic mass is 9.98. The minimum Gasteiger partial charge on any atom is -0.457 e. The molecule has 0 aromatic carbocycles. The SMILES string of the molecule is CC/C=C\C/C=C\C/C=C\CCCCCCOCC(COC1OC(COC2OC(CO)C(O)C(O)C2O)C(O)C(O)C1O)OC(=O)CCCCCCCCCCC/C=C\CCCCCCCCCC. The Morgan fingerprint density at radius 3 is 1.49 bits per heavy atom. The predicted molar refractivity (Wildman–Crippen MR) is 270 cm³/mol. The van der Waals surface area contributed by atoms with Gasteiger partial charge in [-0.3, -0.25) is 4.79 Å². The number of allylic oxidation sites excluding steroid dienone is 8. The van der Waals surface area contributed by atoms with Gasteiger partial charge >= 0.3 is 5.97 Å². The number of aliphatic hydroxyl groups is 7. The van der Waals surface area contributed by atoms with Crippen LogP contribution in [0, 0.1) is 0 Å². The smallest absolute Gasteiger partial charge is 0.306 e. The van der Waals surface area contributed by atoms with Gasteiger partial charge < -0.3 is 64.2 Å². The van der Waals surface area contributed by atoms with E-state index in [1.165, 1.54) is 96.3 Å². The van der Waals surface area contributed by atoms with E-state index >= 15 is 0 Å². The van der Waals surface area contributed by atoms with Crippen molar-refractivity contribution in [3.63, 3.8) is 0 Å². The highest BCUT2D eigenvalue weighted by atomic mass is 16.7. The van der Waals surface area contributed by atoms with Crippen molar-refractivity contribution in [2.75, 3.05) is 33.0 Å². The normalized spacial score (nSPS) is 26.0. The summed E-state index contributed by atoms with van der Waals surface area (Å²) in [5.74, 6) is -0.387. The second-order valence-electron chi connectivity index (χ2n) is 19.0. The maximum atomic E-state index is 13.0. The molecule has 2 aliphatic rings. The van der Waals surface area contributed by atoms with E-state index in [0.717, 1.165) is 70.6 Å². The maximum absolute atomic E-state index is 13.0. The van der Waals surface area contributed by atoms with Crippen molar-refractivity contribution in [2.45, 2.75) is 261 Å². The molecule has 0 aromatic heterocycles. The first-order valence-electron chi connectivity index (χ1n) is 27.2. The molecule has 402 valence electrons. The average Bonchev–Trinajstić information content (AvgIpc) is 3.35. The molecule has 14 heteroatoms. The Morgan fingerprint density at radius 2 is 0.942 bits per heavy atom. The van der Waals surface area contributed by atoms with Crippen LogP contribution in [0.5, 0.6) is 0 Å². The monoisotopic (exact) mass is 983 g/mol. The van der Waals surface area contributed by atoms with Gasteiger partial charge in [-0.05, 0) is 70.6 Å². The van der Waals surface area contributed by atoms with Crippen LogP contribution in [0.4, 0.5) is 0 Å². The number of hydrogen-bond acceptors (Lipinski definition) is 14. The van der Waals surface area contributed by atoms with Gasteiger partial charge in [-0.2, -0.15) is 0 Å². The Morgan fingerprint density at radius 1 is 0.493 bits per heavy atom. The van der Waals surface area contributed by atoms with Gasteiger partial charge in [0.1, 0.15) is 54.9 Å². The van der Waals surface area contributed by atoms with Crippen LogP contribution in [0.1, 0.15) is 194 Å². The Labute approximate surface area is 416 Å². The van der Waals surface area contributed by atoms with E-state index < -0.39 is 80.7 Å². The molecule has 2 rings (SSSR count). The van der Waals surface area contributed by atoms with Crippen molar-refractivity contribution in [1.82, 2.24) is 0 Å². The minimum atomic E-state index is -1.71. The van der Waals surface area contributed by atoms with E-state index in [1.807, 2.05) is 0 Å². The van der Waals surface area contributed by atoms with Crippen molar-refractivity contribution >= 4 is 5.97 Å². The highest BCUT2D eigenvalue weighted by molar-refractivity contribution is 5.69. The number of unbranched alkanes of at least 4 members (excludes halogenated alkanes) is 21. The van der Waals surface area contributed by atoms with Gasteiger partial charge in [0.2, 0.25) is 0 Å². The van der Waals surface area contributed by atoms with Crippen LogP contribution in [0.3, 0.4) is 0 Å². The summed E-state index contributed by atoms with van der Waals surface area (Å²) in [6.07, 6.45) is 33.2. The third-order valence-corrected chi connectivity index (χ3v) is 12.8. The number of carbonyl (C=O) groups excluding carboxylic acids is 1. The Balaban J connectivity index is 1.74. The predicted octanol–water partition coefficient (Wildman–Crippen LogP) is 8.74. The molecule has 0 aliphatic carbocycles. The molecule has 2 saturated heterocycles. The lowest BCUT2D eigenvalue weighted by Gasteiger charge is -2.42. The molecule has 0 radical (unpaired) electrons. The third-order valence-electron chi connectivity index (χ3n) is 12.8. The molecule has 69 heavy (non-hydrogen) atoms. The molecule has 0 aromatic rings. The molecule has 0 spiro atoms. The second-order valence-corrected chi connectivity index (χ2v) is 19.0. The molecule has 2 fully saturated rings. The third kappa shape index (κ3) is 29.9. The van der Waals surface area contributed by atoms with Crippen LogP contribution in [0.2, 0.25) is 0 Å². The Hall–Kier alpha value is -2.05. The van der Waals surface area contributed by atoms with E-state index in [0.29, 0.717) is 13.0 Å². The van der Waals surface area contributed by atoms with Crippen molar-refractivity contribution in [2.24, 2.45) is 0 Å². The lowest BCUT2D eigenvalue weighted by molar-refractivity contribution is -0.332. The molecule has 2 heterocycles. The number of carbonyl (C=O) groups is 1. The first-order valence-corrected chi connectivity index (χ1v) is 27.2. The quantitative estimate of drug-likeness (QED) is 0.0173. The van der Waals surface area contributed by atoms with Gasteiger partial charge in [-0.1, -0.05) is 165 Å². The topological polar surface area (TPSA) is 214 Å². The first kappa shape index (κ1) is 63.1. The Kier molecular flexibility index (Phi) is 38.8. The molecule has 2 aliphatic heterocycles. The summed E-state index contributed by atoms with van der Waals surface area (Å²) in [4.78, 5) is 13.0. The van der Waals surface area contributed by atoms with Gasteiger partial charge in [0, 0.05) is 13.0 Å². The Bertz CT molecular complexity index is 1320. The maximum Gasteiger partial charge on any atom is 0.306 e. The molecular weight excluding hydrogens is 885 g/mol. The van der Waals surface area contributed by atoms with E-state index in [9.17, 15) is 40.5 Å². The fraction of sp³-hybridized carbons (Fsp3) is 0.836. The number of rotatable bonds is 43. The van der Waals surface area contributed by atoms with E-state index in [2.05, 4.69) is 62.5 Å². The van der Waals surface area contributed by atoms with Crippen molar-refractivity contribution in [3.8, 4) is 0 Å².